The number of alkyl halides is 4. The van der Waals surface area contributed by atoms with Crippen molar-refractivity contribution in [1.82, 2.24) is 0 Å². The highest BCUT2D eigenvalue weighted by Crippen LogP contribution is 2.40. The monoisotopic (exact) mass is 250 g/mol. The number of ether oxygens (including phenoxy) is 2. The Balaban J connectivity index is 5.06. The molecule has 0 saturated heterocycles. The number of hydrogen-bond donors (Lipinski definition) is 0. The number of hydrogen-bond acceptors (Lipinski definition) is 4. The normalized spacial score (nSPS) is 12.1. The molecule has 8 heteroatoms. The Bertz CT molecular complexity index is 228. The SMILES string of the molecule is COC(=O)C(F)(F)C(Cl)(Cl)C(=O)OC. The van der Waals surface area contributed by atoms with Crippen LogP contribution in [0.4, 0.5) is 8.78 Å². The molecule has 0 amide bonds. The average molecular weight is 251 g/mol. The van der Waals surface area contributed by atoms with Gasteiger partial charge in [0, 0.05) is 0 Å². The number of carbonyl (C=O) groups is 2. The summed E-state index contributed by atoms with van der Waals surface area (Å²) in [7, 11) is 1.51. The lowest BCUT2D eigenvalue weighted by Gasteiger charge is -2.24. The molecule has 0 radical (unpaired) electrons. The Morgan fingerprint density at radius 2 is 1.43 bits per heavy atom. The van der Waals surface area contributed by atoms with Crippen molar-refractivity contribution in [3.05, 3.63) is 0 Å². The minimum atomic E-state index is -4.38. The largest absolute Gasteiger partial charge is 0.467 e. The minimum absolute atomic E-state index is 0.706. The van der Waals surface area contributed by atoms with E-state index in [4.69, 9.17) is 23.2 Å². The van der Waals surface area contributed by atoms with Crippen molar-refractivity contribution in [3.63, 3.8) is 0 Å². The average Bonchev–Trinajstić information content (AvgIpc) is 2.14. The van der Waals surface area contributed by atoms with E-state index >= 15 is 0 Å². The van der Waals surface area contributed by atoms with Crippen molar-refractivity contribution in [3.8, 4) is 0 Å². The molecule has 0 atom stereocenters. The first-order valence-corrected chi connectivity index (χ1v) is 3.89. The number of methoxy groups -OCH3 is 2. The molecule has 0 aliphatic rings. The lowest BCUT2D eigenvalue weighted by molar-refractivity contribution is -0.177. The minimum Gasteiger partial charge on any atom is -0.467 e. The standard InChI is InChI=1S/C6H6Cl2F2O4/c1-13-3(11)5(7,8)6(9,10)4(12)14-2/h1-2H3. The lowest BCUT2D eigenvalue weighted by atomic mass is 10.2. The molecule has 14 heavy (non-hydrogen) atoms. The van der Waals surface area contributed by atoms with E-state index in [1.165, 1.54) is 0 Å². The van der Waals surface area contributed by atoms with Crippen molar-refractivity contribution in [2.45, 2.75) is 10.3 Å². The highest BCUT2D eigenvalue weighted by Gasteiger charge is 2.64. The topological polar surface area (TPSA) is 52.6 Å². The smallest absolute Gasteiger partial charge is 0.385 e. The van der Waals surface area contributed by atoms with Crippen molar-refractivity contribution < 1.29 is 27.8 Å². The van der Waals surface area contributed by atoms with Crippen molar-refractivity contribution in [2.24, 2.45) is 0 Å². The molecule has 0 unspecified atom stereocenters. The Kier molecular flexibility index (Phi) is 4.08. The second kappa shape index (κ2) is 4.27. The second-order valence-corrected chi connectivity index (χ2v) is 3.46. The highest BCUT2D eigenvalue weighted by molar-refractivity contribution is 6.59. The van der Waals surface area contributed by atoms with E-state index in [1.807, 2.05) is 0 Å². The summed E-state index contributed by atoms with van der Waals surface area (Å²) in [4.78, 5) is 21.3. The van der Waals surface area contributed by atoms with E-state index in [0.29, 0.717) is 7.11 Å². The molecule has 0 aromatic heterocycles. The van der Waals surface area contributed by atoms with Crippen LogP contribution >= 0.6 is 23.2 Å². The van der Waals surface area contributed by atoms with E-state index in [-0.39, 0.29) is 0 Å². The fourth-order valence-corrected chi connectivity index (χ4v) is 0.821. The molecular weight excluding hydrogens is 245 g/mol. The summed E-state index contributed by atoms with van der Waals surface area (Å²) in [6.07, 6.45) is 0. The highest BCUT2D eigenvalue weighted by atomic mass is 35.5. The number of carbonyl (C=O) groups excluding carboxylic acids is 2. The van der Waals surface area contributed by atoms with Gasteiger partial charge >= 0.3 is 17.9 Å². The van der Waals surface area contributed by atoms with Crippen LogP contribution in [0.2, 0.25) is 0 Å². The van der Waals surface area contributed by atoms with Gasteiger partial charge in [0.25, 0.3) is 4.33 Å². The van der Waals surface area contributed by atoms with E-state index < -0.39 is 22.2 Å². The summed E-state index contributed by atoms with van der Waals surface area (Å²) in [5, 5.41) is 0. The van der Waals surface area contributed by atoms with Crippen molar-refractivity contribution in [1.29, 1.82) is 0 Å². The molecule has 0 fully saturated rings. The molecule has 0 saturated carbocycles. The zero-order chi connectivity index (χ0) is 11.6. The van der Waals surface area contributed by atoms with Gasteiger partial charge in [0.05, 0.1) is 14.2 Å². The van der Waals surface area contributed by atoms with Gasteiger partial charge < -0.3 is 9.47 Å². The molecule has 0 heterocycles. The van der Waals surface area contributed by atoms with Crippen LogP contribution in [-0.2, 0) is 19.1 Å². The van der Waals surface area contributed by atoms with E-state index in [0.717, 1.165) is 7.11 Å². The molecule has 0 rings (SSSR count). The summed E-state index contributed by atoms with van der Waals surface area (Å²) in [6, 6.07) is 0. The van der Waals surface area contributed by atoms with Gasteiger partial charge in [0.1, 0.15) is 0 Å². The number of rotatable bonds is 3. The van der Waals surface area contributed by atoms with Gasteiger partial charge in [0.15, 0.2) is 0 Å². The first kappa shape index (κ1) is 13.4. The van der Waals surface area contributed by atoms with Crippen LogP contribution < -0.4 is 0 Å². The van der Waals surface area contributed by atoms with Gasteiger partial charge in [-0.2, -0.15) is 8.78 Å². The predicted octanol–water partition coefficient (Wildman–Crippen LogP) is 1.14. The molecular formula is C6H6Cl2F2O4. The molecule has 4 nitrogen and oxygen atoms in total. The van der Waals surface area contributed by atoms with Crippen LogP contribution in [0.3, 0.4) is 0 Å². The first-order valence-electron chi connectivity index (χ1n) is 3.14. The zero-order valence-electron chi connectivity index (χ0n) is 7.14. The van der Waals surface area contributed by atoms with Gasteiger partial charge in [-0.05, 0) is 0 Å². The third kappa shape index (κ3) is 2.06. The Morgan fingerprint density at radius 3 is 1.71 bits per heavy atom. The molecule has 0 spiro atoms. The molecule has 0 aromatic carbocycles. The van der Waals surface area contributed by atoms with Crippen LogP contribution in [0.5, 0.6) is 0 Å². The molecule has 0 N–H and O–H groups in total. The Morgan fingerprint density at radius 1 is 1.07 bits per heavy atom. The predicted molar refractivity (Wildman–Crippen MR) is 43.4 cm³/mol. The van der Waals surface area contributed by atoms with Gasteiger partial charge in [-0.15, -0.1) is 0 Å². The zero-order valence-corrected chi connectivity index (χ0v) is 8.66. The van der Waals surface area contributed by atoms with Crippen LogP contribution in [0.15, 0.2) is 0 Å². The quantitative estimate of drug-likeness (QED) is 0.557. The first-order chi connectivity index (χ1) is 6.21. The second-order valence-electron chi connectivity index (χ2n) is 2.13. The van der Waals surface area contributed by atoms with Gasteiger partial charge in [-0.1, -0.05) is 23.2 Å². The van der Waals surface area contributed by atoms with E-state index in [9.17, 15) is 18.4 Å². The molecule has 0 aromatic rings. The third-order valence-electron chi connectivity index (χ3n) is 1.28. The Labute approximate surface area is 88.1 Å². The van der Waals surface area contributed by atoms with Crippen molar-refractivity contribution in [2.75, 3.05) is 14.2 Å². The summed E-state index contributed by atoms with van der Waals surface area (Å²) >= 11 is 9.98. The molecule has 0 bridgehead atoms. The number of esters is 2. The maximum atomic E-state index is 13.0. The van der Waals surface area contributed by atoms with Crippen LogP contribution in [0, 0.1) is 0 Å². The van der Waals surface area contributed by atoms with E-state index in [2.05, 4.69) is 9.47 Å². The van der Waals surface area contributed by atoms with Gasteiger partial charge in [0.2, 0.25) is 0 Å². The fourth-order valence-electron chi connectivity index (χ4n) is 0.513. The summed E-state index contributed by atoms with van der Waals surface area (Å²) in [5.74, 6) is -8.04. The molecule has 0 aliphatic heterocycles. The van der Waals surface area contributed by atoms with Crippen LogP contribution in [-0.4, -0.2) is 36.4 Å². The van der Waals surface area contributed by atoms with Crippen LogP contribution in [0.1, 0.15) is 0 Å². The fraction of sp³-hybridized carbons (Fsp3) is 0.667. The van der Waals surface area contributed by atoms with E-state index in [1.54, 1.807) is 0 Å². The van der Waals surface area contributed by atoms with Gasteiger partial charge in [-0.25, -0.2) is 9.59 Å². The maximum Gasteiger partial charge on any atom is 0.385 e. The van der Waals surface area contributed by atoms with Crippen LogP contribution in [0.25, 0.3) is 0 Å². The maximum absolute atomic E-state index is 13.0. The number of halogens is 4. The summed E-state index contributed by atoms with van der Waals surface area (Å²) < 4.78 is 30.3. The Hall–Kier alpha value is -0.620. The molecule has 0 aliphatic carbocycles. The third-order valence-corrected chi connectivity index (χ3v) is 2.06. The summed E-state index contributed by atoms with van der Waals surface area (Å²) in [6.45, 7) is 0. The summed E-state index contributed by atoms with van der Waals surface area (Å²) in [5.41, 5.74) is 0. The van der Waals surface area contributed by atoms with Gasteiger partial charge in [-0.3, -0.25) is 0 Å². The van der Waals surface area contributed by atoms with Crippen molar-refractivity contribution >= 4 is 35.1 Å². The lowest BCUT2D eigenvalue weighted by Crippen LogP contribution is -2.51. The molecule has 82 valence electrons.